The number of ether oxygens (including phenoxy) is 3. The first kappa shape index (κ1) is 16.8. The smallest absolute Gasteiger partial charge is 0.164 e. The highest BCUT2D eigenvalue weighted by Gasteiger charge is 2.50. The van der Waals surface area contributed by atoms with Gasteiger partial charge in [-0.1, -0.05) is 42.5 Å². The van der Waals surface area contributed by atoms with Crippen molar-refractivity contribution in [1.82, 2.24) is 0 Å². The maximum Gasteiger partial charge on any atom is 0.164 e. The minimum atomic E-state index is -0.738. The third-order valence-corrected chi connectivity index (χ3v) is 5.56. The van der Waals surface area contributed by atoms with Gasteiger partial charge in [0.1, 0.15) is 24.1 Å². The van der Waals surface area contributed by atoms with Crippen molar-refractivity contribution in [2.45, 2.75) is 37.9 Å². The summed E-state index contributed by atoms with van der Waals surface area (Å²) in [4.78, 5) is 0. The number of aliphatic hydroxyl groups is 1. The van der Waals surface area contributed by atoms with E-state index in [4.69, 9.17) is 14.2 Å². The first-order valence-electron chi connectivity index (χ1n) is 9.22. The quantitative estimate of drug-likeness (QED) is 0.714. The third kappa shape index (κ3) is 2.48. The molecule has 0 amide bonds. The zero-order valence-corrected chi connectivity index (χ0v) is 15.6. The van der Waals surface area contributed by atoms with E-state index < -0.39 is 18.0 Å². The van der Waals surface area contributed by atoms with E-state index in [1.54, 1.807) is 7.11 Å². The lowest BCUT2D eigenvalue weighted by atomic mass is 9.79. The Morgan fingerprint density at radius 2 is 1.74 bits per heavy atom. The third-order valence-electron chi connectivity index (χ3n) is 5.56. The summed E-state index contributed by atoms with van der Waals surface area (Å²) in [6.45, 7) is 3.80. The Morgan fingerprint density at radius 1 is 0.963 bits per heavy atom. The van der Waals surface area contributed by atoms with Gasteiger partial charge in [-0.15, -0.1) is 0 Å². The van der Waals surface area contributed by atoms with Gasteiger partial charge in [-0.2, -0.15) is 0 Å². The standard InChI is InChI=1S/C23H22O4/c1-23(2)26-21-19-16(13-7-10-15(25-3)11-8-13)12-9-14-5-4-6-17(18(14)19)20(24)22(21)27-23/h4-12,20-22,24H,1-3H3. The second-order valence-corrected chi connectivity index (χ2v) is 7.67. The summed E-state index contributed by atoms with van der Waals surface area (Å²) in [5, 5.41) is 13.2. The van der Waals surface area contributed by atoms with Gasteiger partial charge >= 0.3 is 0 Å². The van der Waals surface area contributed by atoms with Crippen LogP contribution < -0.4 is 4.74 Å². The molecule has 0 aromatic heterocycles. The van der Waals surface area contributed by atoms with E-state index in [0.717, 1.165) is 38.8 Å². The molecule has 3 unspecified atom stereocenters. The number of aliphatic hydroxyl groups excluding tert-OH is 1. The second-order valence-electron chi connectivity index (χ2n) is 7.67. The highest BCUT2D eigenvalue weighted by Crippen LogP contribution is 2.53. The van der Waals surface area contributed by atoms with Crippen LogP contribution in [0.15, 0.2) is 54.6 Å². The molecule has 138 valence electrons. The van der Waals surface area contributed by atoms with Crippen LogP contribution in [0, 0.1) is 0 Å². The average molecular weight is 362 g/mol. The van der Waals surface area contributed by atoms with E-state index in [-0.39, 0.29) is 6.10 Å². The van der Waals surface area contributed by atoms with E-state index >= 15 is 0 Å². The number of rotatable bonds is 2. The van der Waals surface area contributed by atoms with E-state index in [1.165, 1.54) is 0 Å². The fourth-order valence-corrected chi connectivity index (χ4v) is 4.42. The van der Waals surface area contributed by atoms with Gasteiger partial charge in [-0.25, -0.2) is 0 Å². The largest absolute Gasteiger partial charge is 0.497 e. The molecule has 1 fully saturated rings. The molecule has 3 aromatic carbocycles. The Hall–Kier alpha value is -2.40. The van der Waals surface area contributed by atoms with Crippen molar-refractivity contribution in [3.8, 4) is 16.9 Å². The molecule has 0 saturated carbocycles. The number of benzene rings is 3. The highest BCUT2D eigenvalue weighted by atomic mass is 16.8. The zero-order chi connectivity index (χ0) is 18.8. The highest BCUT2D eigenvalue weighted by molar-refractivity contribution is 5.96. The number of fused-ring (bicyclic) bond motifs is 2. The summed E-state index contributed by atoms with van der Waals surface area (Å²) in [6, 6.07) is 18.3. The Morgan fingerprint density at radius 3 is 2.48 bits per heavy atom. The van der Waals surface area contributed by atoms with Crippen molar-refractivity contribution < 1.29 is 19.3 Å². The van der Waals surface area contributed by atoms with Crippen LogP contribution in [0.5, 0.6) is 5.75 Å². The Bertz CT molecular complexity index is 1020. The normalized spacial score (nSPS) is 25.4. The van der Waals surface area contributed by atoms with Gasteiger partial charge in [0, 0.05) is 0 Å². The van der Waals surface area contributed by atoms with Crippen molar-refractivity contribution in [3.63, 3.8) is 0 Å². The molecule has 1 heterocycles. The summed E-state index contributed by atoms with van der Waals surface area (Å²) in [5.41, 5.74) is 4.18. The lowest BCUT2D eigenvalue weighted by molar-refractivity contribution is -0.155. The summed E-state index contributed by atoms with van der Waals surface area (Å²) < 4.78 is 17.7. The second kappa shape index (κ2) is 5.80. The maximum atomic E-state index is 11.0. The van der Waals surface area contributed by atoms with Crippen LogP contribution in [0.3, 0.4) is 0 Å². The van der Waals surface area contributed by atoms with Gasteiger partial charge in [0.25, 0.3) is 0 Å². The molecular weight excluding hydrogens is 340 g/mol. The predicted molar refractivity (Wildman–Crippen MR) is 104 cm³/mol. The molecule has 0 spiro atoms. The minimum Gasteiger partial charge on any atom is -0.497 e. The minimum absolute atomic E-state index is 0.314. The SMILES string of the molecule is COc1ccc(-c2ccc3cccc4c3c2C2OC(C)(C)OC2C4O)cc1. The fraction of sp³-hybridized carbons (Fsp3) is 0.304. The van der Waals surface area contributed by atoms with Gasteiger partial charge in [0.2, 0.25) is 0 Å². The molecule has 1 saturated heterocycles. The van der Waals surface area contributed by atoms with Crippen molar-refractivity contribution in [1.29, 1.82) is 0 Å². The number of hydrogen-bond donors (Lipinski definition) is 1. The van der Waals surface area contributed by atoms with Crippen LogP contribution in [0.4, 0.5) is 0 Å². The Labute approximate surface area is 158 Å². The van der Waals surface area contributed by atoms with Crippen molar-refractivity contribution in [2.24, 2.45) is 0 Å². The molecular formula is C23H22O4. The van der Waals surface area contributed by atoms with Crippen LogP contribution in [-0.2, 0) is 9.47 Å². The van der Waals surface area contributed by atoms with Gasteiger partial charge < -0.3 is 19.3 Å². The molecule has 3 atom stereocenters. The van der Waals surface area contributed by atoms with E-state index in [1.807, 2.05) is 38.1 Å². The average Bonchev–Trinajstić information content (AvgIpc) is 3.01. The number of hydrogen-bond acceptors (Lipinski definition) is 4. The first-order chi connectivity index (χ1) is 13.0. The van der Waals surface area contributed by atoms with Crippen LogP contribution >= 0.6 is 0 Å². The molecule has 5 rings (SSSR count). The Balaban J connectivity index is 1.79. The summed E-state index contributed by atoms with van der Waals surface area (Å²) in [7, 11) is 1.67. The number of methoxy groups -OCH3 is 1. The fourth-order valence-electron chi connectivity index (χ4n) is 4.42. The van der Waals surface area contributed by atoms with Crippen LogP contribution in [0.25, 0.3) is 21.9 Å². The van der Waals surface area contributed by atoms with Gasteiger partial charge in [0.15, 0.2) is 5.79 Å². The summed E-state index contributed by atoms with van der Waals surface area (Å²) >= 11 is 0. The van der Waals surface area contributed by atoms with Crippen LogP contribution in [-0.4, -0.2) is 24.1 Å². The first-order valence-corrected chi connectivity index (χ1v) is 9.22. The Kier molecular flexibility index (Phi) is 3.60. The summed E-state index contributed by atoms with van der Waals surface area (Å²) in [6.07, 6.45) is -1.44. The molecule has 1 aliphatic heterocycles. The topological polar surface area (TPSA) is 47.9 Å². The maximum absolute atomic E-state index is 11.0. The lowest BCUT2D eigenvalue weighted by Gasteiger charge is -2.32. The summed E-state index contributed by atoms with van der Waals surface area (Å²) in [5.74, 6) is 0.0845. The zero-order valence-electron chi connectivity index (χ0n) is 15.6. The van der Waals surface area contributed by atoms with Gasteiger partial charge in [-0.05, 0) is 59.0 Å². The molecule has 2 aliphatic rings. The van der Waals surface area contributed by atoms with E-state index in [9.17, 15) is 5.11 Å². The molecule has 0 radical (unpaired) electrons. The van der Waals surface area contributed by atoms with Gasteiger partial charge in [0.05, 0.1) is 7.11 Å². The van der Waals surface area contributed by atoms with Crippen LogP contribution in [0.1, 0.15) is 37.2 Å². The van der Waals surface area contributed by atoms with Gasteiger partial charge in [-0.3, -0.25) is 0 Å². The lowest BCUT2D eigenvalue weighted by Crippen LogP contribution is -2.29. The van der Waals surface area contributed by atoms with Crippen molar-refractivity contribution >= 4 is 10.8 Å². The van der Waals surface area contributed by atoms with Crippen molar-refractivity contribution in [2.75, 3.05) is 7.11 Å². The molecule has 27 heavy (non-hydrogen) atoms. The molecule has 3 aromatic rings. The van der Waals surface area contributed by atoms with Crippen LogP contribution in [0.2, 0.25) is 0 Å². The van der Waals surface area contributed by atoms with E-state index in [0.29, 0.717) is 0 Å². The molecule has 1 aliphatic carbocycles. The molecule has 4 nitrogen and oxygen atoms in total. The van der Waals surface area contributed by atoms with Crippen molar-refractivity contribution in [3.05, 3.63) is 65.7 Å². The molecule has 1 N–H and O–H groups in total. The monoisotopic (exact) mass is 362 g/mol. The molecule has 0 bridgehead atoms. The predicted octanol–water partition coefficient (Wildman–Crippen LogP) is 4.76. The molecule has 4 heteroatoms. The van der Waals surface area contributed by atoms with E-state index in [2.05, 4.69) is 30.3 Å².